The Morgan fingerprint density at radius 1 is 0.460 bits per heavy atom. The Labute approximate surface area is 386 Å². The minimum atomic E-state index is -4.43. The first-order valence-electron chi connectivity index (χ1n) is 25.3. The maximum absolute atomic E-state index is 12.7. The molecule has 0 aromatic heterocycles. The van der Waals surface area contributed by atoms with Crippen molar-refractivity contribution in [3.05, 3.63) is 0 Å². The Morgan fingerprint density at radius 3 is 1.22 bits per heavy atom. The smallest absolute Gasteiger partial charge is 0.462 e. The zero-order valence-corrected chi connectivity index (χ0v) is 41.0. The summed E-state index contributed by atoms with van der Waals surface area (Å²) in [4.78, 5) is 35.2. The number of unbranched alkanes of at least 4 members (excludes halogenated alkanes) is 29. The number of ether oxygens (including phenoxy) is 2. The van der Waals surface area contributed by atoms with Gasteiger partial charge in [0.25, 0.3) is 0 Å². The van der Waals surface area contributed by atoms with E-state index in [9.17, 15) is 19.0 Å². The molecule has 63 heavy (non-hydrogen) atoms. The fraction of sp³-hybridized carbons (Fsp3) is 0.811. The average Bonchev–Trinajstić information content (AvgIpc) is 3.27. The number of hydrogen-bond donors (Lipinski definition) is 2. The molecular formula is C53H89O9P. The van der Waals surface area contributed by atoms with Gasteiger partial charge in [-0.1, -0.05) is 179 Å². The molecule has 0 saturated heterocycles. The molecule has 0 bridgehead atoms. The van der Waals surface area contributed by atoms with Gasteiger partial charge in [-0.15, -0.1) is 0 Å². The third-order valence-electron chi connectivity index (χ3n) is 10.6. The number of esters is 2. The van der Waals surface area contributed by atoms with Crippen LogP contribution in [0.25, 0.3) is 0 Å². The number of rotatable bonds is 43. The summed E-state index contributed by atoms with van der Waals surface area (Å²) in [5, 5.41) is 8.93. The van der Waals surface area contributed by atoms with Gasteiger partial charge in [0, 0.05) is 45.1 Å². The van der Waals surface area contributed by atoms with Crippen LogP contribution in [0.5, 0.6) is 0 Å². The van der Waals surface area contributed by atoms with Gasteiger partial charge in [-0.3, -0.25) is 18.6 Å². The van der Waals surface area contributed by atoms with Crippen molar-refractivity contribution in [3.63, 3.8) is 0 Å². The number of carbonyl (C=O) groups excluding carboxylic acids is 2. The molecule has 0 amide bonds. The third-order valence-corrected chi connectivity index (χ3v) is 11.6. The zero-order chi connectivity index (χ0) is 46.0. The Hall–Kier alpha value is -2.75. The van der Waals surface area contributed by atoms with Crippen LogP contribution in [0.3, 0.4) is 0 Å². The molecule has 0 aliphatic rings. The highest BCUT2D eigenvalue weighted by Crippen LogP contribution is 2.43. The number of phosphoric acid groups is 1. The predicted octanol–water partition coefficient (Wildman–Crippen LogP) is 13.7. The van der Waals surface area contributed by atoms with Gasteiger partial charge in [0.2, 0.25) is 0 Å². The normalized spacial score (nSPS) is 12.0. The van der Waals surface area contributed by atoms with Gasteiger partial charge in [0.05, 0.1) is 13.2 Å². The van der Waals surface area contributed by atoms with Crippen molar-refractivity contribution in [2.24, 2.45) is 0 Å². The van der Waals surface area contributed by atoms with Crippen molar-refractivity contribution in [2.45, 2.75) is 251 Å². The van der Waals surface area contributed by atoms with Gasteiger partial charge < -0.3 is 19.5 Å². The standard InChI is InChI=1S/C53H89O9P/c1-3-5-7-9-11-13-15-17-19-21-23-25-27-29-31-33-35-37-39-41-45-52(55)59-49-51(50-61-63(57,58)60-48-44-43-47-54)62-53(56)46-42-40-38-36-34-32-30-28-26-24-22-20-18-16-14-12-10-8-6-4-2/h51,54H,3-20,29-50H2,1-2H3,(H,57,58)/t51-/m1/s1. The molecule has 0 aliphatic heterocycles. The largest absolute Gasteiger partial charge is 0.472 e. The van der Waals surface area contributed by atoms with Crippen LogP contribution in [0.15, 0.2) is 0 Å². The second-order valence-electron chi connectivity index (χ2n) is 16.7. The highest BCUT2D eigenvalue weighted by Gasteiger charge is 2.26. The van der Waals surface area contributed by atoms with Crippen LogP contribution in [-0.2, 0) is 32.7 Å². The lowest BCUT2D eigenvalue weighted by Crippen LogP contribution is -2.29. The lowest BCUT2D eigenvalue weighted by atomic mass is 10.1. The van der Waals surface area contributed by atoms with Gasteiger partial charge in [-0.2, -0.15) is 0 Å². The summed E-state index contributed by atoms with van der Waals surface area (Å²) in [5.41, 5.74) is 0. The maximum atomic E-state index is 12.7. The molecule has 360 valence electrons. The van der Waals surface area contributed by atoms with E-state index in [0.717, 1.165) is 96.3 Å². The maximum Gasteiger partial charge on any atom is 0.472 e. The summed E-state index contributed by atoms with van der Waals surface area (Å²) in [6, 6.07) is 0. The van der Waals surface area contributed by atoms with Crippen LogP contribution in [0.2, 0.25) is 0 Å². The number of carbonyl (C=O) groups is 2. The van der Waals surface area contributed by atoms with Crippen molar-refractivity contribution >= 4 is 19.8 Å². The summed E-state index contributed by atoms with van der Waals surface area (Å²) >= 11 is 0. The summed E-state index contributed by atoms with van der Waals surface area (Å²) in [6.07, 6.45) is 36.1. The summed E-state index contributed by atoms with van der Waals surface area (Å²) in [7, 11) is -4.43. The fourth-order valence-electron chi connectivity index (χ4n) is 6.73. The van der Waals surface area contributed by atoms with Crippen molar-refractivity contribution in [1.29, 1.82) is 0 Å². The van der Waals surface area contributed by atoms with E-state index >= 15 is 0 Å². The van der Waals surface area contributed by atoms with Crippen molar-refractivity contribution in [2.75, 3.05) is 26.4 Å². The summed E-state index contributed by atoms with van der Waals surface area (Å²) < 4.78 is 33.3. The first-order valence-corrected chi connectivity index (χ1v) is 26.8. The van der Waals surface area contributed by atoms with Crippen LogP contribution < -0.4 is 0 Å². The highest BCUT2D eigenvalue weighted by atomic mass is 31.2. The molecule has 0 fully saturated rings. The van der Waals surface area contributed by atoms with Crippen molar-refractivity contribution in [3.8, 4) is 47.4 Å². The average molecular weight is 901 g/mol. The monoisotopic (exact) mass is 901 g/mol. The zero-order valence-electron chi connectivity index (χ0n) is 40.1. The molecule has 0 spiro atoms. The predicted molar refractivity (Wildman–Crippen MR) is 258 cm³/mol. The van der Waals surface area contributed by atoms with Gasteiger partial charge >= 0.3 is 19.8 Å². The highest BCUT2D eigenvalue weighted by molar-refractivity contribution is 7.47. The van der Waals surface area contributed by atoms with Crippen LogP contribution in [0.1, 0.15) is 245 Å². The lowest BCUT2D eigenvalue weighted by molar-refractivity contribution is -0.161. The van der Waals surface area contributed by atoms with E-state index in [1.165, 1.54) is 96.3 Å². The summed E-state index contributed by atoms with van der Waals surface area (Å²) in [5.74, 6) is 23.7. The molecule has 1 unspecified atom stereocenters. The SMILES string of the molecule is CCCCCCCCCCC#CC#CCCCCCCCCC(=O)OC[C@H](COP(=O)(O)OCCCCO)OC(=O)CCCCCCCCC#CC#CCCCCCCCCCC. The molecule has 0 rings (SSSR count). The quantitative estimate of drug-likeness (QED) is 0.0266. The molecule has 0 heterocycles. The van der Waals surface area contributed by atoms with E-state index in [4.69, 9.17) is 23.6 Å². The molecule has 10 heteroatoms. The topological polar surface area (TPSA) is 129 Å². The van der Waals surface area contributed by atoms with E-state index in [-0.39, 0.29) is 32.7 Å². The Bertz CT molecular complexity index is 1380. The van der Waals surface area contributed by atoms with Crippen molar-refractivity contribution < 1.29 is 42.7 Å². The van der Waals surface area contributed by atoms with E-state index in [2.05, 4.69) is 61.2 Å². The molecule has 2 atom stereocenters. The molecule has 0 radical (unpaired) electrons. The van der Waals surface area contributed by atoms with E-state index < -0.39 is 32.5 Å². The number of phosphoric ester groups is 1. The van der Waals surface area contributed by atoms with E-state index in [1.807, 2.05) is 0 Å². The number of aliphatic hydroxyl groups excluding tert-OH is 1. The molecule has 2 N–H and O–H groups in total. The molecule has 0 aromatic carbocycles. The number of hydrogen-bond acceptors (Lipinski definition) is 8. The van der Waals surface area contributed by atoms with Gasteiger partial charge in [0.15, 0.2) is 6.10 Å². The molecule has 0 aromatic rings. The Morgan fingerprint density at radius 2 is 0.825 bits per heavy atom. The van der Waals surface area contributed by atoms with Gasteiger partial charge in [0.1, 0.15) is 6.61 Å². The Balaban J connectivity index is 4.28. The minimum absolute atomic E-state index is 0.0559. The third kappa shape index (κ3) is 48.5. The second-order valence-corrected chi connectivity index (χ2v) is 18.2. The van der Waals surface area contributed by atoms with E-state index in [1.54, 1.807) is 0 Å². The molecule has 9 nitrogen and oxygen atoms in total. The molecular weight excluding hydrogens is 812 g/mol. The molecule has 0 saturated carbocycles. The molecule has 0 aliphatic carbocycles. The minimum Gasteiger partial charge on any atom is -0.462 e. The van der Waals surface area contributed by atoms with Crippen LogP contribution in [0.4, 0.5) is 0 Å². The van der Waals surface area contributed by atoms with Crippen molar-refractivity contribution in [1.82, 2.24) is 0 Å². The van der Waals surface area contributed by atoms with E-state index in [0.29, 0.717) is 25.7 Å². The Kier molecular flexibility index (Phi) is 46.6. The van der Waals surface area contributed by atoms with Gasteiger partial charge in [-0.25, -0.2) is 4.57 Å². The second kappa shape index (κ2) is 48.7. The fourth-order valence-corrected chi connectivity index (χ4v) is 7.52. The van der Waals surface area contributed by atoms with Crippen LogP contribution in [-0.4, -0.2) is 54.5 Å². The summed E-state index contributed by atoms with van der Waals surface area (Å²) in [6.45, 7) is 3.62. The first-order chi connectivity index (χ1) is 30.8. The van der Waals surface area contributed by atoms with Crippen LogP contribution >= 0.6 is 7.82 Å². The number of aliphatic hydroxyl groups is 1. The lowest BCUT2D eigenvalue weighted by Gasteiger charge is -2.20. The first kappa shape index (κ1) is 60.2. The van der Waals surface area contributed by atoms with Gasteiger partial charge in [-0.05, 0) is 75.0 Å². The van der Waals surface area contributed by atoms with Crippen LogP contribution in [0, 0.1) is 47.4 Å².